The van der Waals surface area contributed by atoms with Crippen LogP contribution in [0.2, 0.25) is 0 Å². The molecule has 0 radical (unpaired) electrons. The summed E-state index contributed by atoms with van der Waals surface area (Å²) >= 11 is 1.60. The van der Waals surface area contributed by atoms with E-state index in [0.29, 0.717) is 19.7 Å². The van der Waals surface area contributed by atoms with Gasteiger partial charge in [-0.1, -0.05) is 35.1 Å². The minimum absolute atomic E-state index is 0.132. The van der Waals surface area contributed by atoms with Gasteiger partial charge in [-0.2, -0.15) is 4.52 Å². The van der Waals surface area contributed by atoms with Gasteiger partial charge in [0.1, 0.15) is 11.8 Å². The maximum absolute atomic E-state index is 12.7. The van der Waals surface area contributed by atoms with Crippen LogP contribution >= 0.6 is 11.3 Å². The highest BCUT2D eigenvalue weighted by Crippen LogP contribution is 2.35. The number of aromatic nitrogens is 3. The zero-order valence-corrected chi connectivity index (χ0v) is 20.6. The average molecular weight is 469 g/mol. The van der Waals surface area contributed by atoms with Crippen LogP contribution in [-0.2, 0) is 9.53 Å². The van der Waals surface area contributed by atoms with Gasteiger partial charge < -0.3 is 19.9 Å². The molecule has 8 nitrogen and oxygen atoms in total. The second kappa shape index (κ2) is 8.61. The molecule has 1 aromatic carbocycles. The van der Waals surface area contributed by atoms with Gasteiger partial charge in [-0.25, -0.2) is 4.98 Å². The number of amides is 1. The molecular weight excluding hydrogens is 436 g/mol. The van der Waals surface area contributed by atoms with Crippen LogP contribution in [0.1, 0.15) is 39.2 Å². The van der Waals surface area contributed by atoms with Gasteiger partial charge in [0.25, 0.3) is 5.91 Å². The van der Waals surface area contributed by atoms with Crippen molar-refractivity contribution in [1.29, 1.82) is 0 Å². The van der Waals surface area contributed by atoms with Gasteiger partial charge >= 0.3 is 0 Å². The van der Waals surface area contributed by atoms with Gasteiger partial charge in [0.2, 0.25) is 10.1 Å². The van der Waals surface area contributed by atoms with Crippen molar-refractivity contribution in [2.45, 2.75) is 52.2 Å². The highest BCUT2D eigenvalue weighted by Gasteiger charge is 2.31. The van der Waals surface area contributed by atoms with Crippen LogP contribution in [0.5, 0.6) is 0 Å². The minimum atomic E-state index is -0.245. The van der Waals surface area contributed by atoms with Crippen molar-refractivity contribution in [3.05, 3.63) is 29.8 Å². The molecule has 1 atom stereocenters. The van der Waals surface area contributed by atoms with Gasteiger partial charge in [0.05, 0.1) is 0 Å². The van der Waals surface area contributed by atoms with E-state index in [1.54, 1.807) is 11.3 Å². The molecule has 1 amide bonds. The smallest absolute Gasteiger partial charge is 0.251 e. The van der Waals surface area contributed by atoms with Gasteiger partial charge in [-0.15, -0.1) is 5.10 Å². The number of rotatable bonds is 4. The van der Waals surface area contributed by atoms with Gasteiger partial charge in [0.15, 0.2) is 5.82 Å². The molecule has 5 rings (SSSR count). The first-order chi connectivity index (χ1) is 15.8. The van der Waals surface area contributed by atoms with Crippen molar-refractivity contribution < 1.29 is 9.53 Å². The SMILES string of the molecule is Cc1cccc(-c2nc3sc(N4CCN(C(=O)[C@@H]5CCCO5)CC4)nn3c2NC(C)(C)C)c1. The van der Waals surface area contributed by atoms with Crippen molar-refractivity contribution in [2.24, 2.45) is 0 Å². The third-order valence-corrected chi connectivity index (χ3v) is 7.01. The fourth-order valence-corrected chi connectivity index (χ4v) is 5.37. The number of benzene rings is 1. The second-order valence-corrected chi connectivity index (χ2v) is 10.9. The third-order valence-electron chi connectivity index (χ3n) is 6.04. The molecule has 2 aromatic heterocycles. The minimum Gasteiger partial charge on any atom is -0.368 e. The quantitative estimate of drug-likeness (QED) is 0.628. The molecule has 9 heteroatoms. The van der Waals surface area contributed by atoms with E-state index < -0.39 is 0 Å². The molecule has 0 unspecified atom stereocenters. The molecule has 0 aliphatic carbocycles. The summed E-state index contributed by atoms with van der Waals surface area (Å²) in [6, 6.07) is 8.41. The number of carbonyl (C=O) groups is 1. The van der Waals surface area contributed by atoms with Gasteiger partial charge in [-0.3, -0.25) is 4.79 Å². The third kappa shape index (κ3) is 4.56. The number of ether oxygens (including phenoxy) is 1. The number of carbonyl (C=O) groups excluding carboxylic acids is 1. The number of hydrogen-bond donors (Lipinski definition) is 1. The highest BCUT2D eigenvalue weighted by atomic mass is 32.1. The van der Waals surface area contributed by atoms with Gasteiger partial charge in [-0.05, 0) is 46.6 Å². The van der Waals surface area contributed by atoms with Crippen LogP contribution in [0.3, 0.4) is 0 Å². The van der Waals surface area contributed by atoms with E-state index >= 15 is 0 Å². The Hall–Kier alpha value is -2.65. The zero-order valence-electron chi connectivity index (χ0n) is 19.8. The first kappa shape index (κ1) is 22.2. The summed E-state index contributed by atoms with van der Waals surface area (Å²) < 4.78 is 7.52. The fourth-order valence-electron chi connectivity index (χ4n) is 4.42. The van der Waals surface area contributed by atoms with Crippen molar-refractivity contribution in [1.82, 2.24) is 19.5 Å². The van der Waals surface area contributed by atoms with Crippen LogP contribution in [0.25, 0.3) is 16.2 Å². The molecular formula is C24H32N6O2S. The van der Waals surface area contributed by atoms with Crippen molar-refractivity contribution in [2.75, 3.05) is 43.0 Å². The average Bonchev–Trinajstić information content (AvgIpc) is 3.50. The summed E-state index contributed by atoms with van der Waals surface area (Å²) in [6.45, 7) is 12.1. The van der Waals surface area contributed by atoms with Crippen LogP contribution in [0, 0.1) is 6.92 Å². The second-order valence-electron chi connectivity index (χ2n) is 9.95. The zero-order chi connectivity index (χ0) is 23.2. The van der Waals surface area contributed by atoms with Crippen molar-refractivity contribution >= 4 is 33.2 Å². The first-order valence-corrected chi connectivity index (χ1v) is 12.5. The van der Waals surface area contributed by atoms with E-state index in [1.807, 2.05) is 9.42 Å². The number of aryl methyl sites for hydroxylation is 1. The number of hydrogen-bond acceptors (Lipinski definition) is 7. The Morgan fingerprint density at radius 3 is 2.67 bits per heavy atom. The maximum atomic E-state index is 12.7. The number of nitrogens with zero attached hydrogens (tertiary/aromatic N) is 5. The summed E-state index contributed by atoms with van der Waals surface area (Å²) in [6.07, 6.45) is 1.58. The lowest BCUT2D eigenvalue weighted by atomic mass is 10.1. The van der Waals surface area contributed by atoms with Crippen LogP contribution in [-0.4, -0.2) is 69.8 Å². The normalized spacial score (nSPS) is 19.5. The first-order valence-electron chi connectivity index (χ1n) is 11.7. The standard InChI is InChI=1S/C24H32N6O2S/c1-16-7-5-8-17(15-16)19-20(26-24(2,3)4)30-22(25-19)33-23(27-30)29-12-10-28(11-13-29)21(31)18-9-6-14-32-18/h5,7-8,15,18,26H,6,9-14H2,1-4H3/t18-/m0/s1. The predicted octanol–water partition coefficient (Wildman–Crippen LogP) is 3.80. The van der Waals surface area contributed by atoms with Crippen LogP contribution in [0.15, 0.2) is 24.3 Å². The number of anilines is 2. The fraction of sp³-hybridized carbons (Fsp3) is 0.542. The lowest BCUT2D eigenvalue weighted by Gasteiger charge is -2.35. The Balaban J connectivity index is 1.39. The van der Waals surface area contributed by atoms with E-state index in [9.17, 15) is 4.79 Å². The monoisotopic (exact) mass is 468 g/mol. The molecule has 1 N–H and O–H groups in total. The highest BCUT2D eigenvalue weighted by molar-refractivity contribution is 7.20. The molecule has 2 aliphatic rings. The molecule has 176 valence electrons. The number of piperazine rings is 1. The summed E-state index contributed by atoms with van der Waals surface area (Å²) in [5.74, 6) is 1.05. The van der Waals surface area contributed by atoms with Crippen molar-refractivity contribution in [3.8, 4) is 11.3 Å². The topological polar surface area (TPSA) is 75.0 Å². The maximum Gasteiger partial charge on any atom is 0.251 e. The van der Waals surface area contributed by atoms with E-state index in [0.717, 1.165) is 53.1 Å². The van der Waals surface area contributed by atoms with Gasteiger partial charge in [0, 0.05) is 43.9 Å². The summed E-state index contributed by atoms with van der Waals surface area (Å²) in [4.78, 5) is 22.7. The van der Waals surface area contributed by atoms with E-state index in [1.165, 1.54) is 5.56 Å². The number of imidazole rings is 1. The largest absolute Gasteiger partial charge is 0.368 e. The van der Waals surface area contributed by atoms with E-state index in [-0.39, 0.29) is 17.6 Å². The van der Waals surface area contributed by atoms with E-state index in [2.05, 4.69) is 62.2 Å². The molecule has 33 heavy (non-hydrogen) atoms. The number of fused-ring (bicyclic) bond motifs is 1. The van der Waals surface area contributed by atoms with E-state index in [4.69, 9.17) is 14.8 Å². The lowest BCUT2D eigenvalue weighted by molar-refractivity contribution is -0.141. The summed E-state index contributed by atoms with van der Waals surface area (Å²) in [7, 11) is 0. The summed E-state index contributed by atoms with van der Waals surface area (Å²) in [5, 5.41) is 9.50. The molecule has 2 fully saturated rings. The molecule has 0 bridgehead atoms. The Morgan fingerprint density at radius 1 is 1.21 bits per heavy atom. The van der Waals surface area contributed by atoms with Crippen LogP contribution < -0.4 is 10.2 Å². The lowest BCUT2D eigenvalue weighted by Crippen LogP contribution is -2.51. The Morgan fingerprint density at radius 2 is 2.00 bits per heavy atom. The molecule has 2 saturated heterocycles. The van der Waals surface area contributed by atoms with Crippen molar-refractivity contribution in [3.63, 3.8) is 0 Å². The molecule has 0 spiro atoms. The molecule has 4 heterocycles. The Bertz CT molecular complexity index is 1150. The molecule has 0 saturated carbocycles. The summed E-state index contributed by atoms with van der Waals surface area (Å²) in [5.41, 5.74) is 3.08. The Kier molecular flexibility index (Phi) is 5.78. The predicted molar refractivity (Wildman–Crippen MR) is 132 cm³/mol. The number of nitrogens with one attached hydrogen (secondary N) is 1. The Labute approximate surface area is 198 Å². The van der Waals surface area contributed by atoms with Crippen LogP contribution in [0.4, 0.5) is 10.9 Å². The molecule has 2 aliphatic heterocycles. The molecule has 3 aromatic rings.